The molecule has 11 rings (SSSR count). The van der Waals surface area contributed by atoms with Gasteiger partial charge in [-0.05, 0) is 120 Å². The van der Waals surface area contributed by atoms with Crippen molar-refractivity contribution in [3.05, 3.63) is 158 Å². The molecule has 2 aromatic heterocycles. The first kappa shape index (κ1) is 26.5. The molecule has 0 bridgehead atoms. The van der Waals surface area contributed by atoms with Crippen molar-refractivity contribution in [3.8, 4) is 22.3 Å². The Morgan fingerprint density at radius 1 is 0.250 bits per heavy atom. The molecule has 48 heavy (non-hydrogen) atoms. The molecule has 11 aromatic rings. The smallest absolute Gasteiger partial charge is 0.0361 e. The number of rotatable bonds is 2. The van der Waals surface area contributed by atoms with Crippen LogP contribution in [0.3, 0.4) is 0 Å². The summed E-state index contributed by atoms with van der Waals surface area (Å²) in [6, 6.07) is 59.1. The van der Waals surface area contributed by atoms with Gasteiger partial charge in [-0.25, -0.2) is 0 Å². The van der Waals surface area contributed by atoms with Crippen molar-refractivity contribution >= 4 is 106 Å². The molecule has 0 fully saturated rings. The standard InChI is InChI=1S/C46H26S2/c1-2-10-28-22-32-26-44-40(25-31(32)21-27(28)9-1)39-24-30(18-20-43(39)48-44)46-36-14-5-3-12-34(36)45(35-13-4-6-15-37(35)46)29-17-19-42-38(23-29)33-11-7-8-16-41(33)47-42/h1-26H. The fraction of sp³-hybridized carbons (Fsp3) is 0. The Kier molecular flexibility index (Phi) is 5.51. The van der Waals surface area contributed by atoms with Crippen molar-refractivity contribution in [2.24, 2.45) is 0 Å². The molecule has 9 aromatic carbocycles. The van der Waals surface area contributed by atoms with Crippen molar-refractivity contribution < 1.29 is 0 Å². The number of hydrogen-bond donors (Lipinski definition) is 0. The number of hydrogen-bond acceptors (Lipinski definition) is 2. The Hall–Kier alpha value is -5.54. The zero-order chi connectivity index (χ0) is 31.3. The van der Waals surface area contributed by atoms with E-state index in [2.05, 4.69) is 158 Å². The second-order valence-corrected chi connectivity index (χ2v) is 15.0. The van der Waals surface area contributed by atoms with Crippen LogP contribution in [0, 0.1) is 0 Å². The van der Waals surface area contributed by atoms with Crippen molar-refractivity contribution in [2.75, 3.05) is 0 Å². The van der Waals surface area contributed by atoms with Gasteiger partial charge in [-0.1, -0.05) is 103 Å². The van der Waals surface area contributed by atoms with Crippen LogP contribution in [0.2, 0.25) is 0 Å². The van der Waals surface area contributed by atoms with Crippen molar-refractivity contribution in [2.45, 2.75) is 0 Å². The van der Waals surface area contributed by atoms with Gasteiger partial charge in [0.1, 0.15) is 0 Å². The molecule has 0 N–H and O–H groups in total. The van der Waals surface area contributed by atoms with E-state index in [9.17, 15) is 0 Å². The van der Waals surface area contributed by atoms with Gasteiger partial charge in [-0.2, -0.15) is 0 Å². The summed E-state index contributed by atoms with van der Waals surface area (Å²) in [7, 11) is 0. The second kappa shape index (κ2) is 9.98. The topological polar surface area (TPSA) is 0 Å². The lowest BCUT2D eigenvalue weighted by atomic mass is 9.85. The predicted octanol–water partition coefficient (Wildman–Crippen LogP) is 14.4. The molecule has 0 nitrogen and oxygen atoms in total. The van der Waals surface area contributed by atoms with E-state index in [4.69, 9.17) is 0 Å². The first-order valence-corrected chi connectivity index (χ1v) is 18.0. The molecule has 0 saturated heterocycles. The largest absolute Gasteiger partial charge is 0.135 e. The van der Waals surface area contributed by atoms with Gasteiger partial charge in [-0.3, -0.25) is 0 Å². The fourth-order valence-electron chi connectivity index (χ4n) is 8.00. The van der Waals surface area contributed by atoms with Crippen LogP contribution in [0.15, 0.2) is 158 Å². The molecule has 2 heterocycles. The van der Waals surface area contributed by atoms with Gasteiger partial charge in [0, 0.05) is 40.3 Å². The summed E-state index contributed by atoms with van der Waals surface area (Å²) in [5.74, 6) is 0. The molecule has 2 heteroatoms. The van der Waals surface area contributed by atoms with Crippen LogP contribution in [0.25, 0.3) is 106 Å². The summed E-state index contributed by atoms with van der Waals surface area (Å²) in [4.78, 5) is 0. The lowest BCUT2D eigenvalue weighted by Crippen LogP contribution is -1.90. The van der Waals surface area contributed by atoms with E-state index < -0.39 is 0 Å². The predicted molar refractivity (Wildman–Crippen MR) is 213 cm³/mol. The van der Waals surface area contributed by atoms with Crippen molar-refractivity contribution in [1.82, 2.24) is 0 Å². The van der Waals surface area contributed by atoms with Crippen LogP contribution in [0.5, 0.6) is 0 Å². The first-order chi connectivity index (χ1) is 23.8. The van der Waals surface area contributed by atoms with Crippen molar-refractivity contribution in [3.63, 3.8) is 0 Å². The second-order valence-electron chi connectivity index (χ2n) is 12.9. The Morgan fingerprint density at radius 3 is 1.25 bits per heavy atom. The highest BCUT2D eigenvalue weighted by molar-refractivity contribution is 7.26. The Morgan fingerprint density at radius 2 is 0.667 bits per heavy atom. The Balaban J connectivity index is 1.18. The van der Waals surface area contributed by atoms with Gasteiger partial charge in [-0.15, -0.1) is 22.7 Å². The van der Waals surface area contributed by atoms with Gasteiger partial charge >= 0.3 is 0 Å². The van der Waals surface area contributed by atoms with Gasteiger partial charge < -0.3 is 0 Å². The van der Waals surface area contributed by atoms with Crippen LogP contribution in [-0.4, -0.2) is 0 Å². The number of thiophene rings is 2. The van der Waals surface area contributed by atoms with Gasteiger partial charge in [0.2, 0.25) is 0 Å². The molecule has 0 radical (unpaired) electrons. The maximum absolute atomic E-state index is 2.44. The first-order valence-electron chi connectivity index (χ1n) is 16.4. The quantitative estimate of drug-likeness (QED) is 0.165. The van der Waals surface area contributed by atoms with Crippen LogP contribution in [-0.2, 0) is 0 Å². The van der Waals surface area contributed by atoms with Crippen LogP contribution in [0.4, 0.5) is 0 Å². The van der Waals surface area contributed by atoms with Crippen LogP contribution >= 0.6 is 22.7 Å². The maximum Gasteiger partial charge on any atom is 0.0361 e. The third-order valence-corrected chi connectivity index (χ3v) is 12.5. The molecule has 0 amide bonds. The molecular weight excluding hydrogens is 617 g/mol. The fourth-order valence-corrected chi connectivity index (χ4v) is 10.2. The molecule has 0 saturated carbocycles. The summed E-state index contributed by atoms with van der Waals surface area (Å²) in [6.45, 7) is 0. The maximum atomic E-state index is 2.44. The average Bonchev–Trinajstić information content (AvgIpc) is 3.68. The molecule has 0 aliphatic heterocycles. The molecule has 0 aliphatic rings. The van der Waals surface area contributed by atoms with E-state index in [1.807, 2.05) is 22.7 Å². The Bertz CT molecular complexity index is 3060. The Labute approximate surface area is 284 Å². The summed E-state index contributed by atoms with van der Waals surface area (Å²) in [5.41, 5.74) is 5.14. The summed E-state index contributed by atoms with van der Waals surface area (Å²) < 4.78 is 5.34. The van der Waals surface area contributed by atoms with Gasteiger partial charge in [0.25, 0.3) is 0 Å². The summed E-state index contributed by atoms with van der Waals surface area (Å²) in [5, 5.41) is 15.7. The SMILES string of the molecule is c1ccc2cc3cc4c(cc3cc2c1)sc1ccc(-c2c3ccccc3c(-c3ccc5sc6ccccc6c5c3)c3ccccc23)cc14. The average molecular weight is 643 g/mol. The minimum absolute atomic E-state index is 1.26. The highest BCUT2D eigenvalue weighted by Gasteiger charge is 2.18. The normalized spacial score (nSPS) is 12.2. The third kappa shape index (κ3) is 3.82. The molecule has 0 atom stereocenters. The molecule has 0 spiro atoms. The number of fused-ring (bicyclic) bond motifs is 10. The third-order valence-electron chi connectivity index (χ3n) is 10.2. The van der Waals surface area contributed by atoms with E-state index in [-0.39, 0.29) is 0 Å². The minimum atomic E-state index is 1.26. The molecule has 0 unspecified atom stereocenters. The molecular formula is C46H26S2. The van der Waals surface area contributed by atoms with E-state index in [1.165, 1.54) is 106 Å². The van der Waals surface area contributed by atoms with E-state index in [1.54, 1.807) is 0 Å². The molecule has 0 aliphatic carbocycles. The zero-order valence-corrected chi connectivity index (χ0v) is 27.5. The lowest BCUT2D eigenvalue weighted by molar-refractivity contribution is 1.70. The number of benzene rings is 9. The monoisotopic (exact) mass is 642 g/mol. The van der Waals surface area contributed by atoms with Crippen molar-refractivity contribution in [1.29, 1.82) is 0 Å². The van der Waals surface area contributed by atoms with E-state index in [0.717, 1.165) is 0 Å². The highest BCUT2D eigenvalue weighted by atomic mass is 32.1. The van der Waals surface area contributed by atoms with E-state index >= 15 is 0 Å². The van der Waals surface area contributed by atoms with Gasteiger partial charge in [0.15, 0.2) is 0 Å². The summed E-state index contributed by atoms with van der Waals surface area (Å²) >= 11 is 3.77. The highest BCUT2D eigenvalue weighted by Crippen LogP contribution is 2.47. The van der Waals surface area contributed by atoms with Crippen LogP contribution in [0.1, 0.15) is 0 Å². The lowest BCUT2D eigenvalue weighted by Gasteiger charge is -2.18. The summed E-state index contributed by atoms with van der Waals surface area (Å²) in [6.07, 6.45) is 0. The molecule has 222 valence electrons. The van der Waals surface area contributed by atoms with Crippen LogP contribution < -0.4 is 0 Å². The van der Waals surface area contributed by atoms with Gasteiger partial charge in [0.05, 0.1) is 0 Å². The van der Waals surface area contributed by atoms with E-state index in [0.29, 0.717) is 0 Å². The minimum Gasteiger partial charge on any atom is -0.135 e. The zero-order valence-electron chi connectivity index (χ0n) is 25.8.